The van der Waals surface area contributed by atoms with Crippen LogP contribution >= 0.6 is 22.9 Å². The molecule has 0 saturated carbocycles. The molecule has 2 fully saturated rings. The number of rotatable bonds is 2. The highest BCUT2D eigenvalue weighted by Gasteiger charge is 2.59. The van der Waals surface area contributed by atoms with Crippen molar-refractivity contribution in [2.45, 2.75) is 38.3 Å². The van der Waals surface area contributed by atoms with Gasteiger partial charge in [-0.1, -0.05) is 6.92 Å². The van der Waals surface area contributed by atoms with Crippen LogP contribution in [0.15, 0.2) is 0 Å². The SMILES string of the molecule is CC1CN(I)CCC1C1(N2CCn3c(nnc3C(F)(F)F)C2)CO1. The van der Waals surface area contributed by atoms with Gasteiger partial charge >= 0.3 is 6.18 Å². The molecule has 2 saturated heterocycles. The molecule has 0 radical (unpaired) electrons. The van der Waals surface area contributed by atoms with Gasteiger partial charge in [0.05, 0.1) is 13.2 Å². The summed E-state index contributed by atoms with van der Waals surface area (Å²) in [5.74, 6) is 0.376. The van der Waals surface area contributed by atoms with Crippen molar-refractivity contribution in [1.29, 1.82) is 0 Å². The fraction of sp³-hybridized carbons (Fsp3) is 0.857. The number of ether oxygens (including phenoxy) is 1. The number of aromatic nitrogens is 3. The first-order valence-corrected chi connectivity index (χ1v) is 9.07. The molecule has 0 amide bonds. The Morgan fingerprint density at radius 2 is 2.00 bits per heavy atom. The monoisotopic (exact) mass is 457 g/mol. The van der Waals surface area contributed by atoms with Gasteiger partial charge in [-0.3, -0.25) is 4.90 Å². The third-order valence-corrected chi connectivity index (χ3v) is 6.29. The first kappa shape index (κ1) is 17.0. The summed E-state index contributed by atoms with van der Waals surface area (Å²) in [4.78, 5) is 2.17. The zero-order chi connectivity index (χ0) is 17.1. The maximum atomic E-state index is 13.0. The summed E-state index contributed by atoms with van der Waals surface area (Å²) < 4.78 is 48.3. The minimum absolute atomic E-state index is 0.252. The average Bonchev–Trinajstić information content (AvgIpc) is 3.18. The van der Waals surface area contributed by atoms with Crippen molar-refractivity contribution in [2.24, 2.45) is 11.8 Å². The average molecular weight is 457 g/mol. The molecular formula is C14H19F3IN5O. The second-order valence-corrected chi connectivity index (χ2v) is 8.25. The van der Waals surface area contributed by atoms with E-state index in [1.165, 1.54) is 4.57 Å². The maximum absolute atomic E-state index is 13.0. The summed E-state index contributed by atoms with van der Waals surface area (Å²) in [7, 11) is 0. The van der Waals surface area contributed by atoms with Crippen molar-refractivity contribution in [3.8, 4) is 0 Å². The summed E-state index contributed by atoms with van der Waals surface area (Å²) in [5, 5.41) is 7.13. The fourth-order valence-electron chi connectivity index (χ4n) is 4.16. The lowest BCUT2D eigenvalue weighted by Gasteiger charge is -2.42. The standard InChI is InChI=1S/C14H19F3IN5O/c1-9-6-22(18)3-2-10(9)13(8-24-13)21-4-5-23-11(7-21)19-20-12(23)14(15,16)17/h9-10H,2-8H2,1H3. The molecule has 10 heteroatoms. The van der Waals surface area contributed by atoms with E-state index < -0.39 is 12.0 Å². The molecule has 0 aliphatic carbocycles. The molecule has 3 atom stereocenters. The van der Waals surface area contributed by atoms with Crippen LogP contribution in [0.5, 0.6) is 0 Å². The van der Waals surface area contributed by atoms with Crippen molar-refractivity contribution in [1.82, 2.24) is 22.8 Å². The van der Waals surface area contributed by atoms with E-state index in [1.807, 2.05) is 0 Å². The smallest absolute Gasteiger partial charge is 0.353 e. The van der Waals surface area contributed by atoms with Crippen LogP contribution in [0.2, 0.25) is 0 Å². The van der Waals surface area contributed by atoms with Crippen molar-refractivity contribution in [3.05, 3.63) is 11.6 Å². The summed E-state index contributed by atoms with van der Waals surface area (Å²) in [5.41, 5.74) is -0.326. The van der Waals surface area contributed by atoms with Crippen molar-refractivity contribution in [2.75, 3.05) is 26.2 Å². The van der Waals surface area contributed by atoms with E-state index in [0.717, 1.165) is 19.5 Å². The van der Waals surface area contributed by atoms with E-state index in [1.54, 1.807) is 0 Å². The Kier molecular flexibility index (Phi) is 4.09. The zero-order valence-corrected chi connectivity index (χ0v) is 15.4. The lowest BCUT2D eigenvalue weighted by molar-refractivity contribution is -0.148. The minimum Gasteiger partial charge on any atom is -0.353 e. The van der Waals surface area contributed by atoms with Gasteiger partial charge in [-0.2, -0.15) is 13.2 Å². The first-order valence-electron chi connectivity index (χ1n) is 8.10. The predicted octanol–water partition coefficient (Wildman–Crippen LogP) is 2.15. The number of nitrogens with zero attached hydrogens (tertiary/aromatic N) is 5. The van der Waals surface area contributed by atoms with Crippen molar-refractivity contribution in [3.63, 3.8) is 0 Å². The van der Waals surface area contributed by atoms with E-state index in [-0.39, 0.29) is 12.3 Å². The van der Waals surface area contributed by atoms with Gasteiger partial charge in [-0.15, -0.1) is 10.2 Å². The van der Waals surface area contributed by atoms with Crippen LogP contribution in [-0.2, 0) is 24.0 Å². The molecule has 1 aromatic heterocycles. The van der Waals surface area contributed by atoms with Gasteiger partial charge in [0, 0.05) is 55.0 Å². The number of epoxide rings is 1. The molecular weight excluding hydrogens is 438 g/mol. The third kappa shape index (κ3) is 2.74. The van der Waals surface area contributed by atoms with E-state index >= 15 is 0 Å². The van der Waals surface area contributed by atoms with E-state index in [0.29, 0.717) is 37.4 Å². The van der Waals surface area contributed by atoms with Crippen molar-refractivity contribution < 1.29 is 17.9 Å². The minimum atomic E-state index is -4.46. The van der Waals surface area contributed by atoms with Crippen LogP contribution < -0.4 is 0 Å². The summed E-state index contributed by atoms with van der Waals surface area (Å²) in [6.07, 6.45) is -3.41. The van der Waals surface area contributed by atoms with Gasteiger partial charge in [-0.25, -0.2) is 3.11 Å². The highest BCUT2D eigenvalue weighted by Crippen LogP contribution is 2.47. The van der Waals surface area contributed by atoms with Gasteiger partial charge < -0.3 is 9.30 Å². The Bertz CT molecular complexity index is 632. The second-order valence-electron chi connectivity index (χ2n) is 6.89. The Morgan fingerprint density at radius 1 is 1.25 bits per heavy atom. The predicted molar refractivity (Wildman–Crippen MR) is 87.0 cm³/mol. The molecule has 6 nitrogen and oxygen atoms in total. The second kappa shape index (κ2) is 5.78. The molecule has 0 spiro atoms. The number of piperidine rings is 1. The molecule has 0 N–H and O–H groups in total. The summed E-state index contributed by atoms with van der Waals surface area (Å²) in [6.45, 7) is 6.06. The van der Waals surface area contributed by atoms with E-state index in [2.05, 4.69) is 48.0 Å². The molecule has 0 bridgehead atoms. The normalized spacial score (nSPS) is 35.0. The zero-order valence-electron chi connectivity index (χ0n) is 13.3. The fourth-order valence-corrected chi connectivity index (χ4v) is 5.06. The Hall–Kier alpha value is -0.460. The van der Waals surface area contributed by atoms with Gasteiger partial charge in [0.25, 0.3) is 0 Å². The highest BCUT2D eigenvalue weighted by molar-refractivity contribution is 14.1. The van der Waals surface area contributed by atoms with Crippen LogP contribution in [0, 0.1) is 11.8 Å². The number of halogens is 4. The molecule has 24 heavy (non-hydrogen) atoms. The largest absolute Gasteiger partial charge is 0.451 e. The molecule has 1 aromatic rings. The van der Waals surface area contributed by atoms with Crippen LogP contribution in [0.1, 0.15) is 25.0 Å². The Morgan fingerprint density at radius 3 is 2.62 bits per heavy atom. The molecule has 3 unspecified atom stereocenters. The third-order valence-electron chi connectivity index (χ3n) is 5.42. The van der Waals surface area contributed by atoms with Crippen LogP contribution in [0.4, 0.5) is 13.2 Å². The first-order chi connectivity index (χ1) is 11.3. The number of hydrogen-bond donors (Lipinski definition) is 0. The summed E-state index contributed by atoms with van der Waals surface area (Å²) >= 11 is 2.35. The van der Waals surface area contributed by atoms with Gasteiger partial charge in [0.2, 0.25) is 5.82 Å². The molecule has 3 aliphatic rings. The Labute approximate surface area is 151 Å². The number of alkyl halides is 3. The van der Waals surface area contributed by atoms with Gasteiger partial charge in [0.15, 0.2) is 0 Å². The topological polar surface area (TPSA) is 49.7 Å². The number of fused-ring (bicyclic) bond motifs is 1. The lowest BCUT2D eigenvalue weighted by atomic mass is 9.81. The van der Waals surface area contributed by atoms with Crippen LogP contribution in [-0.4, -0.2) is 54.7 Å². The van der Waals surface area contributed by atoms with Crippen LogP contribution in [0.25, 0.3) is 0 Å². The quantitative estimate of drug-likeness (QED) is 0.387. The lowest BCUT2D eigenvalue weighted by Crippen LogP contribution is -2.52. The van der Waals surface area contributed by atoms with Gasteiger partial charge in [-0.05, 0) is 12.3 Å². The van der Waals surface area contributed by atoms with E-state index in [4.69, 9.17) is 4.74 Å². The number of hydrogen-bond acceptors (Lipinski definition) is 5. The summed E-state index contributed by atoms with van der Waals surface area (Å²) in [6, 6.07) is 0. The molecule has 4 heterocycles. The van der Waals surface area contributed by atoms with Gasteiger partial charge in [0.1, 0.15) is 11.5 Å². The Balaban J connectivity index is 1.54. The van der Waals surface area contributed by atoms with E-state index in [9.17, 15) is 13.2 Å². The molecule has 3 aliphatic heterocycles. The highest BCUT2D eigenvalue weighted by atomic mass is 127. The molecule has 0 aromatic carbocycles. The maximum Gasteiger partial charge on any atom is 0.451 e. The van der Waals surface area contributed by atoms with Crippen LogP contribution in [0.3, 0.4) is 0 Å². The molecule has 134 valence electrons. The van der Waals surface area contributed by atoms with Crippen molar-refractivity contribution >= 4 is 22.9 Å². The molecule has 4 rings (SSSR count).